The summed E-state index contributed by atoms with van der Waals surface area (Å²) in [5.41, 5.74) is 18.6. The first kappa shape index (κ1) is 34.4. The highest BCUT2D eigenvalue weighted by molar-refractivity contribution is 6.24. The van der Waals surface area contributed by atoms with Gasteiger partial charge in [0.1, 0.15) is 0 Å². The average Bonchev–Trinajstić information content (AvgIpc) is 3.52. The topological polar surface area (TPSA) is 6.48 Å². The van der Waals surface area contributed by atoms with Crippen molar-refractivity contribution in [3.63, 3.8) is 0 Å². The van der Waals surface area contributed by atoms with E-state index in [2.05, 4.69) is 194 Å². The maximum atomic E-state index is 2.56. The molecule has 12 rings (SSSR count). The van der Waals surface area contributed by atoms with Crippen molar-refractivity contribution >= 4 is 55.1 Å². The second kappa shape index (κ2) is 13.2. The van der Waals surface area contributed by atoms with Gasteiger partial charge in [-0.1, -0.05) is 141 Å². The molecule has 2 nitrogen and oxygen atoms in total. The SMILES string of the molecule is CC1(C)c2ccccc2-c2ccc(-c3c4ccc(N5CCCc6ccccc65)cc4c(-c4cccc5ccccc45)c4cc(N5CCCc6ccccc65)ccc34)cc21. The molecule has 3 aliphatic rings. The highest BCUT2D eigenvalue weighted by Gasteiger charge is 2.35. The molecule has 284 valence electrons. The van der Waals surface area contributed by atoms with Crippen LogP contribution >= 0.6 is 0 Å². The van der Waals surface area contributed by atoms with E-state index in [-0.39, 0.29) is 5.41 Å². The normalized spacial score (nSPS) is 15.3. The minimum absolute atomic E-state index is 0.0971. The van der Waals surface area contributed by atoms with E-state index in [1.165, 1.54) is 111 Å². The Labute approximate surface area is 347 Å². The Hall–Kier alpha value is -6.64. The highest BCUT2D eigenvalue weighted by Crippen LogP contribution is 2.53. The number of fused-ring (bicyclic) bond motifs is 8. The summed E-state index contributed by atoms with van der Waals surface area (Å²) >= 11 is 0. The van der Waals surface area contributed by atoms with Crippen LogP contribution in [0.3, 0.4) is 0 Å². The lowest BCUT2D eigenvalue weighted by molar-refractivity contribution is 0.660. The van der Waals surface area contributed by atoms with E-state index < -0.39 is 0 Å². The van der Waals surface area contributed by atoms with Gasteiger partial charge in [0.15, 0.2) is 0 Å². The molecule has 59 heavy (non-hydrogen) atoms. The number of hydrogen-bond donors (Lipinski definition) is 0. The van der Waals surface area contributed by atoms with E-state index in [9.17, 15) is 0 Å². The number of nitrogens with zero attached hydrogens (tertiary/aromatic N) is 2. The molecule has 0 spiro atoms. The Balaban J connectivity index is 1.19. The Kier molecular flexibility index (Phi) is 7.69. The molecule has 0 radical (unpaired) electrons. The standard InChI is InChI=1S/C57H46N2/c1-57(2)51-23-8-7-21-44(51)45-29-26-40(34-52(45)57)55-47-30-27-41(58-32-12-18-38-15-4-9-24-53(38)58)35-49(47)56(46-22-11-17-37-14-3-6-20-43(37)46)50-36-42(28-31-48(50)55)59-33-13-19-39-16-5-10-25-54(39)59/h3-11,14-17,20-31,34-36H,12-13,18-19,32-33H2,1-2H3. The fourth-order valence-corrected chi connectivity index (χ4v) is 11.0. The molecule has 1 aliphatic carbocycles. The van der Waals surface area contributed by atoms with E-state index in [4.69, 9.17) is 0 Å². The van der Waals surface area contributed by atoms with Gasteiger partial charge < -0.3 is 9.80 Å². The number of hydrogen-bond acceptors (Lipinski definition) is 2. The fourth-order valence-electron chi connectivity index (χ4n) is 11.0. The van der Waals surface area contributed by atoms with E-state index in [0.29, 0.717) is 0 Å². The van der Waals surface area contributed by atoms with Crippen molar-refractivity contribution in [3.8, 4) is 33.4 Å². The molecule has 0 saturated heterocycles. The van der Waals surface area contributed by atoms with E-state index in [0.717, 1.165) is 38.8 Å². The summed E-state index contributed by atoms with van der Waals surface area (Å²) in [7, 11) is 0. The summed E-state index contributed by atoms with van der Waals surface area (Å²) in [5, 5.41) is 7.72. The lowest BCUT2D eigenvalue weighted by Crippen LogP contribution is -2.24. The third-order valence-electron chi connectivity index (χ3n) is 13.9. The Bertz CT molecular complexity index is 3050. The van der Waals surface area contributed by atoms with Gasteiger partial charge in [-0.05, 0) is 156 Å². The molecule has 0 saturated carbocycles. The molecular weight excluding hydrogens is 713 g/mol. The van der Waals surface area contributed by atoms with Crippen molar-refractivity contribution in [3.05, 3.63) is 192 Å². The predicted octanol–water partition coefficient (Wildman–Crippen LogP) is 15.0. The average molecular weight is 759 g/mol. The molecule has 0 atom stereocenters. The van der Waals surface area contributed by atoms with Crippen molar-refractivity contribution in [2.45, 2.75) is 44.9 Å². The molecule has 0 fully saturated rings. The van der Waals surface area contributed by atoms with Crippen LogP contribution in [0, 0.1) is 0 Å². The summed E-state index contributed by atoms with van der Waals surface area (Å²) in [6.45, 7) is 6.80. The summed E-state index contributed by atoms with van der Waals surface area (Å²) in [4.78, 5) is 5.12. The van der Waals surface area contributed by atoms with Crippen molar-refractivity contribution in [2.24, 2.45) is 0 Å². The Morgan fingerprint density at radius 2 is 0.966 bits per heavy atom. The second-order valence-electron chi connectivity index (χ2n) is 17.4. The molecule has 0 unspecified atom stereocenters. The van der Waals surface area contributed by atoms with Gasteiger partial charge >= 0.3 is 0 Å². The van der Waals surface area contributed by atoms with Gasteiger partial charge in [-0.2, -0.15) is 0 Å². The van der Waals surface area contributed by atoms with Gasteiger partial charge in [-0.25, -0.2) is 0 Å². The van der Waals surface area contributed by atoms with Gasteiger partial charge in [-0.15, -0.1) is 0 Å². The fraction of sp³-hybridized carbons (Fsp3) is 0.158. The predicted molar refractivity (Wildman–Crippen MR) is 251 cm³/mol. The number of benzene rings is 9. The summed E-state index contributed by atoms with van der Waals surface area (Å²) in [5.74, 6) is 0. The maximum Gasteiger partial charge on any atom is 0.0443 e. The minimum atomic E-state index is -0.0971. The van der Waals surface area contributed by atoms with Gasteiger partial charge in [0, 0.05) is 41.3 Å². The van der Waals surface area contributed by atoms with Crippen LogP contribution in [0.4, 0.5) is 22.7 Å². The van der Waals surface area contributed by atoms with Crippen molar-refractivity contribution in [1.82, 2.24) is 0 Å². The Morgan fingerprint density at radius 3 is 1.66 bits per heavy atom. The minimum Gasteiger partial charge on any atom is -0.341 e. The molecule has 2 heteroatoms. The molecule has 0 amide bonds. The van der Waals surface area contributed by atoms with Crippen LogP contribution in [0.1, 0.15) is 48.9 Å². The van der Waals surface area contributed by atoms with Crippen LogP contribution in [0.2, 0.25) is 0 Å². The number of aryl methyl sites for hydroxylation is 2. The zero-order valence-corrected chi connectivity index (χ0v) is 33.8. The van der Waals surface area contributed by atoms with Gasteiger partial charge in [-0.3, -0.25) is 0 Å². The van der Waals surface area contributed by atoms with Crippen LogP contribution in [0.25, 0.3) is 65.7 Å². The molecule has 2 aliphatic heterocycles. The lowest BCUT2D eigenvalue weighted by atomic mass is 9.80. The van der Waals surface area contributed by atoms with Gasteiger partial charge in [0.2, 0.25) is 0 Å². The molecular formula is C57H46N2. The van der Waals surface area contributed by atoms with Gasteiger partial charge in [0.05, 0.1) is 0 Å². The van der Waals surface area contributed by atoms with E-state index >= 15 is 0 Å². The molecule has 0 aromatic heterocycles. The quantitative estimate of drug-likeness (QED) is 0.165. The Morgan fingerprint density at radius 1 is 0.407 bits per heavy atom. The first-order chi connectivity index (χ1) is 29.0. The van der Waals surface area contributed by atoms with Crippen LogP contribution < -0.4 is 9.80 Å². The van der Waals surface area contributed by atoms with Gasteiger partial charge in [0.25, 0.3) is 0 Å². The van der Waals surface area contributed by atoms with Crippen molar-refractivity contribution < 1.29 is 0 Å². The number of rotatable bonds is 4. The monoisotopic (exact) mass is 758 g/mol. The first-order valence-corrected chi connectivity index (χ1v) is 21.5. The molecule has 9 aromatic rings. The zero-order valence-electron chi connectivity index (χ0n) is 33.8. The molecule has 0 N–H and O–H groups in total. The third kappa shape index (κ3) is 5.25. The molecule has 2 heterocycles. The van der Waals surface area contributed by atoms with Crippen molar-refractivity contribution in [1.29, 1.82) is 0 Å². The number of anilines is 4. The van der Waals surface area contributed by atoms with Crippen LogP contribution in [0.15, 0.2) is 170 Å². The molecule has 0 bridgehead atoms. The van der Waals surface area contributed by atoms with Crippen molar-refractivity contribution in [2.75, 3.05) is 22.9 Å². The summed E-state index contributed by atoms with van der Waals surface area (Å²) < 4.78 is 0. The van der Waals surface area contributed by atoms with Crippen LogP contribution in [-0.4, -0.2) is 13.1 Å². The number of para-hydroxylation sites is 2. The smallest absolute Gasteiger partial charge is 0.0443 e. The third-order valence-corrected chi connectivity index (χ3v) is 13.9. The summed E-state index contributed by atoms with van der Waals surface area (Å²) in [6.07, 6.45) is 4.53. The zero-order chi connectivity index (χ0) is 39.2. The highest BCUT2D eigenvalue weighted by atomic mass is 15.1. The van der Waals surface area contributed by atoms with Crippen LogP contribution in [-0.2, 0) is 18.3 Å². The second-order valence-corrected chi connectivity index (χ2v) is 17.4. The van der Waals surface area contributed by atoms with E-state index in [1.807, 2.05) is 0 Å². The maximum absolute atomic E-state index is 2.56. The van der Waals surface area contributed by atoms with Crippen LogP contribution in [0.5, 0.6) is 0 Å². The first-order valence-electron chi connectivity index (χ1n) is 21.5. The van der Waals surface area contributed by atoms with E-state index in [1.54, 1.807) is 0 Å². The lowest BCUT2D eigenvalue weighted by Gasteiger charge is -2.32. The largest absolute Gasteiger partial charge is 0.341 e. The molecule has 9 aromatic carbocycles. The summed E-state index contributed by atoms with van der Waals surface area (Å²) in [6, 6.07) is 64.8.